The minimum Gasteiger partial charge on any atom is -0.495 e. The third-order valence-electron chi connectivity index (χ3n) is 4.88. The van der Waals surface area contributed by atoms with Crippen LogP contribution in [0.4, 0.5) is 11.4 Å². The van der Waals surface area contributed by atoms with Crippen LogP contribution in [0.25, 0.3) is 0 Å². The first kappa shape index (κ1) is 22.3. The second-order valence-electron chi connectivity index (χ2n) is 7.22. The van der Waals surface area contributed by atoms with Gasteiger partial charge in [-0.05, 0) is 60.4 Å². The first-order chi connectivity index (χ1) is 14.8. The summed E-state index contributed by atoms with van der Waals surface area (Å²) in [5.74, 6) is 0.219. The average Bonchev–Trinajstić information content (AvgIpc) is 2.75. The molecule has 2 N–H and O–H groups in total. The van der Waals surface area contributed by atoms with Gasteiger partial charge in [0.1, 0.15) is 5.75 Å². The van der Waals surface area contributed by atoms with Crippen LogP contribution in [0.1, 0.15) is 30.4 Å². The number of carbonyl (C=O) groups excluding carboxylic acids is 1. The summed E-state index contributed by atoms with van der Waals surface area (Å²) in [6.07, 6.45) is 3.64. The van der Waals surface area contributed by atoms with Crippen LogP contribution in [-0.4, -0.2) is 26.4 Å². The standard InChI is InChI=1S/C23H25N3O4S/c1-16-8-9-19(25-23(27)14-17(2)18-10-12-24-13-11-18)15-22(16)31(28,29)26-20-6-4-5-7-21(20)30-3/h4-13,15,17,26H,14H2,1-3H3,(H,25,27)/t17-/m0/s1. The molecule has 0 fully saturated rings. The molecule has 0 unspecified atom stereocenters. The number of aryl methyl sites for hydroxylation is 1. The lowest BCUT2D eigenvalue weighted by Crippen LogP contribution is -2.17. The molecule has 1 atom stereocenters. The largest absolute Gasteiger partial charge is 0.495 e. The van der Waals surface area contributed by atoms with Gasteiger partial charge in [-0.3, -0.25) is 14.5 Å². The molecule has 2 aromatic carbocycles. The van der Waals surface area contributed by atoms with Crippen LogP contribution in [0, 0.1) is 6.92 Å². The van der Waals surface area contributed by atoms with E-state index >= 15 is 0 Å². The van der Waals surface area contributed by atoms with Crippen molar-refractivity contribution in [1.82, 2.24) is 4.98 Å². The third kappa shape index (κ3) is 5.61. The summed E-state index contributed by atoms with van der Waals surface area (Å²) in [4.78, 5) is 16.6. The van der Waals surface area contributed by atoms with Crippen molar-refractivity contribution in [2.24, 2.45) is 0 Å². The summed E-state index contributed by atoms with van der Waals surface area (Å²) in [5.41, 5.74) is 2.33. The Morgan fingerprint density at radius 2 is 1.81 bits per heavy atom. The van der Waals surface area contributed by atoms with Gasteiger partial charge in [0.25, 0.3) is 10.0 Å². The van der Waals surface area contributed by atoms with Crippen LogP contribution in [0.3, 0.4) is 0 Å². The van der Waals surface area contributed by atoms with Crippen molar-refractivity contribution in [3.8, 4) is 5.75 Å². The fourth-order valence-electron chi connectivity index (χ4n) is 3.20. The number of benzene rings is 2. The van der Waals surface area contributed by atoms with Crippen molar-refractivity contribution in [3.63, 3.8) is 0 Å². The van der Waals surface area contributed by atoms with Gasteiger partial charge in [-0.25, -0.2) is 8.42 Å². The first-order valence-electron chi connectivity index (χ1n) is 9.76. The molecule has 1 aromatic heterocycles. The molecule has 1 heterocycles. The van der Waals surface area contributed by atoms with E-state index in [9.17, 15) is 13.2 Å². The molecule has 0 radical (unpaired) electrons. The maximum Gasteiger partial charge on any atom is 0.262 e. The topological polar surface area (TPSA) is 97.4 Å². The molecular weight excluding hydrogens is 414 g/mol. The van der Waals surface area contributed by atoms with E-state index in [2.05, 4.69) is 15.0 Å². The molecule has 31 heavy (non-hydrogen) atoms. The number of para-hydroxylation sites is 2. The number of anilines is 2. The van der Waals surface area contributed by atoms with E-state index in [1.807, 2.05) is 19.1 Å². The molecule has 1 amide bonds. The molecule has 0 saturated carbocycles. The van der Waals surface area contributed by atoms with E-state index in [1.165, 1.54) is 13.2 Å². The number of carbonyl (C=O) groups is 1. The lowest BCUT2D eigenvalue weighted by atomic mass is 9.98. The molecule has 0 aliphatic heterocycles. The SMILES string of the molecule is COc1ccccc1NS(=O)(=O)c1cc(NC(=O)C[C@H](C)c2ccncc2)ccc1C. The second-order valence-corrected chi connectivity index (χ2v) is 8.87. The van der Waals surface area contributed by atoms with Crippen molar-refractivity contribution in [1.29, 1.82) is 0 Å². The lowest BCUT2D eigenvalue weighted by Gasteiger charge is -2.15. The molecule has 162 valence electrons. The van der Waals surface area contributed by atoms with Gasteiger partial charge < -0.3 is 10.1 Å². The third-order valence-corrected chi connectivity index (χ3v) is 6.39. The van der Waals surface area contributed by atoms with Crippen molar-refractivity contribution in [3.05, 3.63) is 78.1 Å². The Morgan fingerprint density at radius 3 is 2.52 bits per heavy atom. The van der Waals surface area contributed by atoms with Gasteiger partial charge >= 0.3 is 0 Å². The predicted octanol–water partition coefficient (Wildman–Crippen LogP) is 4.33. The highest BCUT2D eigenvalue weighted by atomic mass is 32.2. The Balaban J connectivity index is 1.77. The molecular formula is C23H25N3O4S. The Morgan fingerprint density at radius 1 is 1.10 bits per heavy atom. The summed E-state index contributed by atoms with van der Waals surface area (Å²) in [6.45, 7) is 3.66. The normalized spacial score (nSPS) is 12.1. The van der Waals surface area contributed by atoms with Crippen molar-refractivity contribution in [2.75, 3.05) is 17.1 Å². The van der Waals surface area contributed by atoms with E-state index in [4.69, 9.17) is 4.74 Å². The molecule has 0 saturated heterocycles. The van der Waals surface area contributed by atoms with E-state index in [0.29, 0.717) is 22.7 Å². The number of nitrogens with one attached hydrogen (secondary N) is 2. The Bertz CT molecular complexity index is 1160. The molecule has 0 spiro atoms. The fraction of sp³-hybridized carbons (Fsp3) is 0.217. The zero-order valence-electron chi connectivity index (χ0n) is 17.6. The lowest BCUT2D eigenvalue weighted by molar-refractivity contribution is -0.116. The number of nitrogens with zero attached hydrogens (tertiary/aromatic N) is 1. The number of methoxy groups -OCH3 is 1. The van der Waals surface area contributed by atoms with E-state index < -0.39 is 10.0 Å². The van der Waals surface area contributed by atoms with Crippen LogP contribution in [-0.2, 0) is 14.8 Å². The Kier molecular flexibility index (Phi) is 6.91. The van der Waals surface area contributed by atoms with Crippen LogP contribution in [0.5, 0.6) is 5.75 Å². The molecule has 7 nitrogen and oxygen atoms in total. The summed E-state index contributed by atoms with van der Waals surface area (Å²) in [5, 5.41) is 2.80. The number of hydrogen-bond acceptors (Lipinski definition) is 5. The van der Waals surface area contributed by atoms with E-state index in [0.717, 1.165) is 5.56 Å². The summed E-state index contributed by atoms with van der Waals surface area (Å²) in [6, 6.07) is 15.3. The predicted molar refractivity (Wildman–Crippen MR) is 121 cm³/mol. The van der Waals surface area contributed by atoms with Crippen molar-refractivity contribution < 1.29 is 17.9 Å². The highest BCUT2D eigenvalue weighted by molar-refractivity contribution is 7.92. The van der Waals surface area contributed by atoms with Crippen molar-refractivity contribution >= 4 is 27.3 Å². The fourth-order valence-corrected chi connectivity index (χ4v) is 4.54. The Labute approximate surface area is 182 Å². The number of pyridine rings is 1. The first-order valence-corrected chi connectivity index (χ1v) is 11.2. The van der Waals surface area contributed by atoms with Gasteiger partial charge in [0.2, 0.25) is 5.91 Å². The molecule has 0 aliphatic rings. The van der Waals surface area contributed by atoms with Crippen molar-refractivity contribution in [2.45, 2.75) is 31.1 Å². The zero-order chi connectivity index (χ0) is 22.4. The van der Waals surface area contributed by atoms with Crippen LogP contribution in [0.15, 0.2) is 71.9 Å². The number of hydrogen-bond donors (Lipinski definition) is 2. The highest BCUT2D eigenvalue weighted by Crippen LogP contribution is 2.28. The van der Waals surface area contributed by atoms with Crippen LogP contribution in [0.2, 0.25) is 0 Å². The second kappa shape index (κ2) is 9.61. The molecule has 0 bridgehead atoms. The zero-order valence-corrected chi connectivity index (χ0v) is 18.4. The van der Waals surface area contributed by atoms with Gasteiger partial charge in [-0.2, -0.15) is 0 Å². The molecule has 8 heteroatoms. The molecule has 3 rings (SSSR count). The Hall–Kier alpha value is -3.39. The van der Waals surface area contributed by atoms with Gasteiger partial charge in [0.15, 0.2) is 0 Å². The number of amides is 1. The molecule has 0 aliphatic carbocycles. The van der Waals surface area contributed by atoms with Gasteiger partial charge in [-0.1, -0.05) is 25.1 Å². The van der Waals surface area contributed by atoms with Gasteiger partial charge in [0.05, 0.1) is 17.7 Å². The summed E-state index contributed by atoms with van der Waals surface area (Å²) < 4.78 is 33.8. The maximum atomic E-state index is 13.0. The number of rotatable bonds is 8. The smallest absolute Gasteiger partial charge is 0.262 e. The van der Waals surface area contributed by atoms with E-state index in [-0.39, 0.29) is 23.1 Å². The number of aromatic nitrogens is 1. The minimum absolute atomic E-state index is 0.00358. The minimum atomic E-state index is -3.89. The summed E-state index contributed by atoms with van der Waals surface area (Å²) in [7, 11) is -2.42. The maximum absolute atomic E-state index is 13.0. The van der Waals surface area contributed by atoms with E-state index in [1.54, 1.807) is 55.7 Å². The van der Waals surface area contributed by atoms with Gasteiger partial charge in [-0.15, -0.1) is 0 Å². The number of ether oxygens (including phenoxy) is 1. The summed E-state index contributed by atoms with van der Waals surface area (Å²) >= 11 is 0. The highest BCUT2D eigenvalue weighted by Gasteiger charge is 2.20. The molecule has 3 aromatic rings. The quantitative estimate of drug-likeness (QED) is 0.544. The number of sulfonamides is 1. The van der Waals surface area contributed by atoms with Crippen LogP contribution >= 0.6 is 0 Å². The average molecular weight is 440 g/mol. The van der Waals surface area contributed by atoms with Gasteiger partial charge in [0, 0.05) is 24.5 Å². The monoisotopic (exact) mass is 439 g/mol. The van der Waals surface area contributed by atoms with Crippen LogP contribution < -0.4 is 14.8 Å².